The highest BCUT2D eigenvalue weighted by Gasteiger charge is 2.51. The van der Waals surface area contributed by atoms with Crippen LogP contribution in [0.2, 0.25) is 0 Å². The zero-order valence-electron chi connectivity index (χ0n) is 23.8. The number of carbonyl (C=O) groups excluding carboxylic acids is 4. The number of nitrogens with one attached hydrogen (secondary N) is 4. The van der Waals surface area contributed by atoms with Crippen LogP contribution in [0.25, 0.3) is 0 Å². The molecule has 0 aromatic carbocycles. The number of amides is 4. The molecule has 0 heterocycles. The quantitative estimate of drug-likeness (QED) is 0.207. The SMILES string of the molecule is CC(C)CCNC(=O)C(C)NC(=O)C(F)(F)C(O)C(CC(C)C)NC(=O)C(NC(=O)CC(C)C)C(C)C. The number of alkyl halides is 2. The number of carbonyl (C=O) groups is 4. The Hall–Kier alpha value is -2.30. The molecule has 0 saturated carbocycles. The first-order valence-electron chi connectivity index (χ1n) is 13.1. The van der Waals surface area contributed by atoms with Gasteiger partial charge < -0.3 is 26.4 Å². The number of rotatable bonds is 16. The topological polar surface area (TPSA) is 137 Å². The van der Waals surface area contributed by atoms with Gasteiger partial charge in [0.15, 0.2) is 0 Å². The first-order valence-corrected chi connectivity index (χ1v) is 13.1. The van der Waals surface area contributed by atoms with Crippen molar-refractivity contribution in [1.82, 2.24) is 21.3 Å². The zero-order valence-corrected chi connectivity index (χ0v) is 23.8. The van der Waals surface area contributed by atoms with E-state index in [2.05, 4.69) is 16.0 Å². The minimum atomic E-state index is -4.30. The normalized spacial score (nSPS) is 15.4. The second-order valence-corrected chi connectivity index (χ2v) is 11.4. The molecule has 0 aliphatic rings. The van der Waals surface area contributed by atoms with Crippen LogP contribution in [0.4, 0.5) is 8.78 Å². The molecule has 0 aromatic heterocycles. The van der Waals surface area contributed by atoms with Gasteiger partial charge in [-0.05, 0) is 43.4 Å². The fraction of sp³-hybridized carbons (Fsp3) is 0.846. The smallest absolute Gasteiger partial charge is 0.351 e. The second-order valence-electron chi connectivity index (χ2n) is 11.4. The van der Waals surface area contributed by atoms with E-state index < -0.39 is 47.9 Å². The predicted molar refractivity (Wildman–Crippen MR) is 139 cm³/mol. The summed E-state index contributed by atoms with van der Waals surface area (Å²) in [6.07, 6.45) is -1.73. The average Bonchev–Trinajstić information content (AvgIpc) is 2.74. The third-order valence-corrected chi connectivity index (χ3v) is 5.73. The molecule has 4 atom stereocenters. The van der Waals surface area contributed by atoms with E-state index in [0.717, 1.165) is 0 Å². The van der Waals surface area contributed by atoms with E-state index in [9.17, 15) is 24.3 Å². The van der Waals surface area contributed by atoms with E-state index in [1.54, 1.807) is 27.7 Å². The molecule has 0 aromatic rings. The molecule has 0 radical (unpaired) electrons. The molecular formula is C26H48F2N4O5. The van der Waals surface area contributed by atoms with E-state index in [1.807, 2.05) is 33.0 Å². The Balaban J connectivity index is 5.52. The number of aliphatic hydroxyl groups excluding tert-OH is 1. The Bertz CT molecular complexity index is 759. The van der Waals surface area contributed by atoms with Crippen LogP contribution in [0.1, 0.15) is 81.6 Å². The average molecular weight is 535 g/mol. The first-order chi connectivity index (χ1) is 16.9. The highest BCUT2D eigenvalue weighted by molar-refractivity contribution is 5.91. The van der Waals surface area contributed by atoms with Gasteiger partial charge in [0.2, 0.25) is 17.7 Å². The fourth-order valence-electron chi connectivity index (χ4n) is 3.57. The zero-order chi connectivity index (χ0) is 29.1. The van der Waals surface area contributed by atoms with Crippen LogP contribution >= 0.6 is 0 Å². The van der Waals surface area contributed by atoms with Gasteiger partial charge in [0.25, 0.3) is 5.91 Å². The van der Waals surface area contributed by atoms with Crippen LogP contribution in [0.3, 0.4) is 0 Å². The van der Waals surface area contributed by atoms with Crippen molar-refractivity contribution in [2.75, 3.05) is 6.54 Å². The summed E-state index contributed by atoms with van der Waals surface area (Å²) in [6, 6.07) is -3.74. The van der Waals surface area contributed by atoms with Gasteiger partial charge in [-0.25, -0.2) is 0 Å². The van der Waals surface area contributed by atoms with Crippen molar-refractivity contribution in [3.63, 3.8) is 0 Å². The monoisotopic (exact) mass is 534 g/mol. The minimum absolute atomic E-state index is 0.0498. The van der Waals surface area contributed by atoms with Crippen LogP contribution in [0.5, 0.6) is 0 Å². The molecule has 0 spiro atoms. The van der Waals surface area contributed by atoms with Gasteiger partial charge in [-0.1, -0.05) is 55.4 Å². The number of aliphatic hydroxyl groups is 1. The molecular weight excluding hydrogens is 486 g/mol. The molecule has 0 aliphatic carbocycles. The van der Waals surface area contributed by atoms with Crippen molar-refractivity contribution in [3.8, 4) is 0 Å². The van der Waals surface area contributed by atoms with Gasteiger partial charge in [-0.3, -0.25) is 19.2 Å². The number of halogens is 2. The van der Waals surface area contributed by atoms with E-state index in [0.29, 0.717) is 18.9 Å². The van der Waals surface area contributed by atoms with Gasteiger partial charge >= 0.3 is 5.92 Å². The minimum Gasteiger partial charge on any atom is -0.384 e. The standard InChI is InChI=1S/C26H48F2N4O5/c1-14(2)10-11-29-23(35)18(9)30-25(37)26(27,28)22(34)19(12-15(3)4)31-24(36)21(17(7)8)32-20(33)13-16(5)6/h14-19,21-22,34H,10-13H2,1-9H3,(H,29,35)(H,30,37)(H,31,36)(H,32,33). The molecule has 9 nitrogen and oxygen atoms in total. The lowest BCUT2D eigenvalue weighted by Crippen LogP contribution is -2.61. The van der Waals surface area contributed by atoms with Gasteiger partial charge in [-0.2, -0.15) is 8.78 Å². The highest BCUT2D eigenvalue weighted by Crippen LogP contribution is 2.25. The molecule has 37 heavy (non-hydrogen) atoms. The largest absolute Gasteiger partial charge is 0.384 e. The van der Waals surface area contributed by atoms with Crippen LogP contribution in [0, 0.1) is 23.7 Å². The first kappa shape index (κ1) is 34.7. The van der Waals surface area contributed by atoms with Crippen molar-refractivity contribution in [2.45, 2.75) is 112 Å². The molecule has 216 valence electrons. The Morgan fingerprint density at radius 3 is 1.81 bits per heavy atom. The van der Waals surface area contributed by atoms with E-state index >= 15 is 8.78 Å². The van der Waals surface area contributed by atoms with Crippen LogP contribution in [-0.2, 0) is 19.2 Å². The van der Waals surface area contributed by atoms with Gasteiger partial charge in [0, 0.05) is 13.0 Å². The molecule has 4 unspecified atom stereocenters. The molecule has 0 bridgehead atoms. The molecule has 5 N–H and O–H groups in total. The van der Waals surface area contributed by atoms with E-state index in [1.165, 1.54) is 6.92 Å². The predicted octanol–water partition coefficient (Wildman–Crippen LogP) is 2.37. The Labute approximate surface area is 220 Å². The van der Waals surface area contributed by atoms with Gasteiger partial charge in [0.05, 0.1) is 6.04 Å². The van der Waals surface area contributed by atoms with Crippen LogP contribution < -0.4 is 21.3 Å². The Morgan fingerprint density at radius 2 is 1.35 bits per heavy atom. The van der Waals surface area contributed by atoms with Crippen molar-refractivity contribution >= 4 is 23.6 Å². The fourth-order valence-corrected chi connectivity index (χ4v) is 3.57. The van der Waals surface area contributed by atoms with E-state index in [-0.39, 0.29) is 36.5 Å². The highest BCUT2D eigenvalue weighted by atomic mass is 19.3. The summed E-state index contributed by atoms with van der Waals surface area (Å²) in [7, 11) is 0. The number of hydrogen-bond acceptors (Lipinski definition) is 5. The summed E-state index contributed by atoms with van der Waals surface area (Å²) in [5, 5.41) is 20.1. The summed E-state index contributed by atoms with van der Waals surface area (Å²) in [6.45, 7) is 16.1. The molecule has 4 amide bonds. The second kappa shape index (κ2) is 15.8. The van der Waals surface area contributed by atoms with Crippen LogP contribution in [0.15, 0.2) is 0 Å². The Kier molecular flexibility index (Phi) is 14.9. The summed E-state index contributed by atoms with van der Waals surface area (Å²) in [4.78, 5) is 49.8. The van der Waals surface area contributed by atoms with Crippen molar-refractivity contribution in [2.24, 2.45) is 23.7 Å². The summed E-state index contributed by atoms with van der Waals surface area (Å²) in [5.74, 6) is -8.00. The van der Waals surface area contributed by atoms with Crippen molar-refractivity contribution in [3.05, 3.63) is 0 Å². The summed E-state index contributed by atoms with van der Waals surface area (Å²) < 4.78 is 30.1. The maximum Gasteiger partial charge on any atom is 0.351 e. The molecule has 0 fully saturated rings. The van der Waals surface area contributed by atoms with Crippen molar-refractivity contribution < 1.29 is 33.1 Å². The van der Waals surface area contributed by atoms with Gasteiger partial charge in [-0.15, -0.1) is 0 Å². The lowest BCUT2D eigenvalue weighted by molar-refractivity contribution is -0.169. The molecule has 0 saturated heterocycles. The third-order valence-electron chi connectivity index (χ3n) is 5.73. The van der Waals surface area contributed by atoms with E-state index in [4.69, 9.17) is 0 Å². The Morgan fingerprint density at radius 1 is 0.784 bits per heavy atom. The number of hydrogen-bond donors (Lipinski definition) is 5. The van der Waals surface area contributed by atoms with Crippen LogP contribution in [-0.4, -0.2) is 65.4 Å². The summed E-state index contributed by atoms with van der Waals surface area (Å²) in [5.41, 5.74) is 0. The lowest BCUT2D eigenvalue weighted by atomic mass is 9.93. The summed E-state index contributed by atoms with van der Waals surface area (Å²) >= 11 is 0. The molecule has 0 aliphatic heterocycles. The molecule has 11 heteroatoms. The van der Waals surface area contributed by atoms with Crippen molar-refractivity contribution in [1.29, 1.82) is 0 Å². The third kappa shape index (κ3) is 12.7. The maximum atomic E-state index is 15.0. The van der Waals surface area contributed by atoms with Gasteiger partial charge in [0.1, 0.15) is 18.2 Å². The molecule has 0 rings (SSSR count). The maximum absolute atomic E-state index is 15.0. The lowest BCUT2D eigenvalue weighted by Gasteiger charge is -2.33.